The van der Waals surface area contributed by atoms with Crippen molar-refractivity contribution >= 4 is 5.91 Å². The molecular weight excluding hydrogens is 316 g/mol. The van der Waals surface area contributed by atoms with E-state index in [0.29, 0.717) is 24.4 Å². The molecule has 0 bridgehead atoms. The highest BCUT2D eigenvalue weighted by Gasteiger charge is 2.42. The number of amides is 1. The van der Waals surface area contributed by atoms with Gasteiger partial charge < -0.3 is 14.1 Å². The molecule has 2 atom stereocenters. The third-order valence-electron chi connectivity index (χ3n) is 5.20. The van der Waals surface area contributed by atoms with E-state index in [2.05, 4.69) is 29.2 Å². The van der Waals surface area contributed by atoms with Crippen LogP contribution in [0.25, 0.3) is 0 Å². The van der Waals surface area contributed by atoms with Gasteiger partial charge in [-0.2, -0.15) is 0 Å². The first-order valence-corrected chi connectivity index (χ1v) is 8.87. The number of morpholine rings is 1. The molecule has 2 unspecified atom stereocenters. The summed E-state index contributed by atoms with van der Waals surface area (Å²) in [6.07, 6.45) is 0.0923. The second kappa shape index (κ2) is 6.65. The second-order valence-electron chi connectivity index (χ2n) is 6.97. The van der Waals surface area contributed by atoms with Gasteiger partial charge >= 0.3 is 0 Å². The molecule has 2 fully saturated rings. The molecule has 5 heteroatoms. The summed E-state index contributed by atoms with van der Waals surface area (Å²) in [7, 11) is 0. The van der Waals surface area contributed by atoms with Gasteiger partial charge in [0.05, 0.1) is 24.3 Å². The van der Waals surface area contributed by atoms with Crippen LogP contribution in [0.3, 0.4) is 0 Å². The Bertz CT molecular complexity index is 756. The lowest BCUT2D eigenvalue weighted by atomic mass is 10.1. The maximum absolute atomic E-state index is 12.9. The molecule has 1 aromatic carbocycles. The molecule has 25 heavy (non-hydrogen) atoms. The quantitative estimate of drug-likeness (QED) is 0.862. The number of likely N-dealkylation sites (tertiary alicyclic amines) is 1. The maximum Gasteiger partial charge on any atom is 0.257 e. The largest absolute Gasteiger partial charge is 0.466 e. The predicted molar refractivity (Wildman–Crippen MR) is 94.5 cm³/mol. The number of fused-ring (bicyclic) bond motifs is 1. The van der Waals surface area contributed by atoms with Crippen molar-refractivity contribution in [2.24, 2.45) is 0 Å². The van der Waals surface area contributed by atoms with Crippen molar-refractivity contribution in [2.45, 2.75) is 32.5 Å². The topological polar surface area (TPSA) is 45.9 Å². The number of benzene rings is 1. The van der Waals surface area contributed by atoms with Gasteiger partial charge in [0.25, 0.3) is 5.91 Å². The smallest absolute Gasteiger partial charge is 0.257 e. The number of aryl methyl sites for hydroxylation is 2. The molecule has 0 N–H and O–H groups in total. The van der Waals surface area contributed by atoms with Crippen LogP contribution < -0.4 is 0 Å². The second-order valence-corrected chi connectivity index (χ2v) is 6.97. The number of rotatable bonds is 3. The average Bonchev–Trinajstić information content (AvgIpc) is 3.19. The van der Waals surface area contributed by atoms with Gasteiger partial charge in [0.2, 0.25) is 0 Å². The van der Waals surface area contributed by atoms with E-state index in [1.807, 2.05) is 30.9 Å². The molecule has 4 rings (SSSR count). The lowest BCUT2D eigenvalue weighted by molar-refractivity contribution is -0.0503. The van der Waals surface area contributed by atoms with Gasteiger partial charge in [0, 0.05) is 26.2 Å². The van der Waals surface area contributed by atoms with E-state index in [9.17, 15) is 4.79 Å². The summed E-state index contributed by atoms with van der Waals surface area (Å²) in [6.45, 7) is 7.61. The average molecular weight is 340 g/mol. The summed E-state index contributed by atoms with van der Waals surface area (Å²) in [4.78, 5) is 17.2. The molecular formula is C20H24N2O3. The Morgan fingerprint density at radius 2 is 2.00 bits per heavy atom. The summed E-state index contributed by atoms with van der Waals surface area (Å²) in [5, 5.41) is 0. The Balaban J connectivity index is 1.49. The number of ether oxygens (including phenoxy) is 1. The van der Waals surface area contributed by atoms with Crippen LogP contribution in [0.4, 0.5) is 0 Å². The Hall–Kier alpha value is -2.11. The Kier molecular flexibility index (Phi) is 4.36. The maximum atomic E-state index is 12.9. The fourth-order valence-corrected chi connectivity index (χ4v) is 3.95. The molecule has 5 nitrogen and oxygen atoms in total. The van der Waals surface area contributed by atoms with Crippen molar-refractivity contribution in [3.05, 3.63) is 59.0 Å². The van der Waals surface area contributed by atoms with Crippen molar-refractivity contribution in [2.75, 3.05) is 26.2 Å². The van der Waals surface area contributed by atoms with Crippen LogP contribution in [0.15, 0.2) is 40.8 Å². The van der Waals surface area contributed by atoms with Gasteiger partial charge in [-0.05, 0) is 25.5 Å². The van der Waals surface area contributed by atoms with E-state index >= 15 is 0 Å². The van der Waals surface area contributed by atoms with Crippen molar-refractivity contribution in [1.29, 1.82) is 0 Å². The first-order valence-electron chi connectivity index (χ1n) is 8.87. The Morgan fingerprint density at radius 3 is 2.72 bits per heavy atom. The highest BCUT2D eigenvalue weighted by Crippen LogP contribution is 2.27. The van der Waals surface area contributed by atoms with E-state index in [-0.39, 0.29) is 18.1 Å². The summed E-state index contributed by atoms with van der Waals surface area (Å²) in [6, 6.07) is 12.6. The molecule has 2 aromatic rings. The summed E-state index contributed by atoms with van der Waals surface area (Å²) < 4.78 is 11.5. The fourth-order valence-electron chi connectivity index (χ4n) is 3.95. The van der Waals surface area contributed by atoms with Crippen LogP contribution in [0.5, 0.6) is 0 Å². The molecule has 0 aliphatic carbocycles. The number of carbonyl (C=O) groups is 1. The predicted octanol–water partition coefficient (Wildman–Crippen LogP) is 2.62. The van der Waals surface area contributed by atoms with Crippen LogP contribution in [-0.2, 0) is 11.3 Å². The molecule has 2 aliphatic heterocycles. The Morgan fingerprint density at radius 1 is 1.20 bits per heavy atom. The lowest BCUT2D eigenvalue weighted by Crippen LogP contribution is -2.50. The third-order valence-corrected chi connectivity index (χ3v) is 5.20. The zero-order valence-corrected chi connectivity index (χ0v) is 14.8. The minimum absolute atomic E-state index is 0.0482. The fraction of sp³-hybridized carbons (Fsp3) is 0.450. The van der Waals surface area contributed by atoms with Crippen LogP contribution in [-0.4, -0.2) is 54.1 Å². The highest BCUT2D eigenvalue weighted by molar-refractivity contribution is 5.95. The van der Waals surface area contributed by atoms with Gasteiger partial charge in [-0.15, -0.1) is 0 Å². The molecule has 1 aromatic heterocycles. The number of hydrogen-bond donors (Lipinski definition) is 0. The van der Waals surface area contributed by atoms with Gasteiger partial charge in [-0.3, -0.25) is 9.69 Å². The van der Waals surface area contributed by atoms with Crippen LogP contribution in [0.2, 0.25) is 0 Å². The van der Waals surface area contributed by atoms with Gasteiger partial charge in [-0.25, -0.2) is 0 Å². The number of furan rings is 1. The van der Waals surface area contributed by atoms with Gasteiger partial charge in [0.15, 0.2) is 0 Å². The molecule has 1 amide bonds. The molecule has 0 radical (unpaired) electrons. The first kappa shape index (κ1) is 16.4. The van der Waals surface area contributed by atoms with Crippen LogP contribution in [0, 0.1) is 13.8 Å². The summed E-state index contributed by atoms with van der Waals surface area (Å²) in [5.74, 6) is 1.52. The van der Waals surface area contributed by atoms with Gasteiger partial charge in [-0.1, -0.05) is 30.3 Å². The van der Waals surface area contributed by atoms with E-state index in [0.717, 1.165) is 25.5 Å². The minimum atomic E-state index is 0.0482. The number of hydrogen-bond acceptors (Lipinski definition) is 4. The highest BCUT2D eigenvalue weighted by atomic mass is 16.5. The zero-order valence-electron chi connectivity index (χ0n) is 14.8. The van der Waals surface area contributed by atoms with E-state index < -0.39 is 0 Å². The SMILES string of the molecule is Cc1cc(C(=O)N2CC3OCCN(Cc4ccccc4)C3C2)c(C)o1. The molecule has 2 aliphatic rings. The van der Waals surface area contributed by atoms with Crippen molar-refractivity contribution in [3.63, 3.8) is 0 Å². The summed E-state index contributed by atoms with van der Waals surface area (Å²) >= 11 is 0. The van der Waals surface area contributed by atoms with E-state index in [4.69, 9.17) is 9.15 Å². The summed E-state index contributed by atoms with van der Waals surface area (Å²) in [5.41, 5.74) is 1.97. The molecule has 132 valence electrons. The van der Waals surface area contributed by atoms with E-state index in [1.165, 1.54) is 5.56 Å². The first-order chi connectivity index (χ1) is 12.1. The molecule has 0 saturated carbocycles. The Labute approximate surface area is 148 Å². The zero-order chi connectivity index (χ0) is 17.4. The van der Waals surface area contributed by atoms with Crippen LogP contribution in [0.1, 0.15) is 27.4 Å². The minimum Gasteiger partial charge on any atom is -0.466 e. The molecule has 3 heterocycles. The van der Waals surface area contributed by atoms with Crippen molar-refractivity contribution in [3.8, 4) is 0 Å². The van der Waals surface area contributed by atoms with Crippen LogP contribution >= 0.6 is 0 Å². The van der Waals surface area contributed by atoms with E-state index in [1.54, 1.807) is 0 Å². The molecule has 0 spiro atoms. The monoisotopic (exact) mass is 340 g/mol. The van der Waals surface area contributed by atoms with Crippen molar-refractivity contribution < 1.29 is 13.9 Å². The lowest BCUT2D eigenvalue weighted by Gasteiger charge is -2.36. The van der Waals surface area contributed by atoms with Gasteiger partial charge in [0.1, 0.15) is 11.5 Å². The normalized spacial score (nSPS) is 23.7. The number of carbonyl (C=O) groups excluding carboxylic acids is 1. The standard InChI is InChI=1S/C20H24N2O3/c1-14-10-17(15(2)25-14)20(23)22-12-18-19(13-22)24-9-8-21(18)11-16-6-4-3-5-7-16/h3-7,10,18-19H,8-9,11-13H2,1-2H3. The number of nitrogens with zero attached hydrogens (tertiary/aromatic N) is 2. The molecule has 2 saturated heterocycles. The third kappa shape index (κ3) is 3.22. The van der Waals surface area contributed by atoms with Crippen molar-refractivity contribution in [1.82, 2.24) is 9.80 Å².